The number of nitrogens with zero attached hydrogens (tertiary/aromatic N) is 1. The van der Waals surface area contributed by atoms with Crippen molar-refractivity contribution in [2.24, 2.45) is 7.05 Å². The Kier molecular flexibility index (Phi) is 6.32. The fourth-order valence-corrected chi connectivity index (χ4v) is 4.24. The largest absolute Gasteiger partial charge is 0.445 e. The maximum atomic E-state index is 12.0. The summed E-state index contributed by atoms with van der Waals surface area (Å²) in [6.45, 7) is 7.67. The summed E-state index contributed by atoms with van der Waals surface area (Å²) in [6.07, 6.45) is -0.949. The zero-order valence-electron chi connectivity index (χ0n) is 17.4. The van der Waals surface area contributed by atoms with Crippen molar-refractivity contribution in [3.05, 3.63) is 34.8 Å². The summed E-state index contributed by atoms with van der Waals surface area (Å²) in [5, 5.41) is 9.63. The molecule has 7 nitrogen and oxygen atoms in total. The highest BCUT2D eigenvalue weighted by atomic mass is 32.1. The molecule has 156 valence electrons. The molecule has 2 heterocycles. The average molecular weight is 418 g/mol. The van der Waals surface area contributed by atoms with E-state index in [0.29, 0.717) is 0 Å². The first-order valence-electron chi connectivity index (χ1n) is 9.60. The van der Waals surface area contributed by atoms with Gasteiger partial charge in [0.1, 0.15) is 13.2 Å². The standard InChI is InChI=1S/C21H27N3O4S/c1-12(2)22-20(25)27-10-16-15-7-6-14-8-9-29-19(14)18(15)24(5)17(16)11-28-21(26)23-13(3)4/h6-9,12-13H,10-11H2,1-5H3,(H,22,25)(H,23,26). The van der Waals surface area contributed by atoms with Crippen molar-refractivity contribution < 1.29 is 19.1 Å². The molecule has 0 spiro atoms. The summed E-state index contributed by atoms with van der Waals surface area (Å²) in [5.74, 6) is 0. The van der Waals surface area contributed by atoms with Crippen LogP contribution in [0.1, 0.15) is 39.0 Å². The minimum Gasteiger partial charge on any atom is -0.445 e. The summed E-state index contributed by atoms with van der Waals surface area (Å²) in [4.78, 5) is 24.0. The Bertz CT molecular complexity index is 1040. The molecule has 2 aromatic heterocycles. The maximum Gasteiger partial charge on any atom is 0.407 e. The Morgan fingerprint density at radius 3 is 2.24 bits per heavy atom. The number of hydrogen-bond acceptors (Lipinski definition) is 5. The van der Waals surface area contributed by atoms with Gasteiger partial charge in [0.2, 0.25) is 0 Å². The molecule has 0 aliphatic carbocycles. The molecule has 0 atom stereocenters. The zero-order valence-corrected chi connectivity index (χ0v) is 18.2. The number of ether oxygens (including phenoxy) is 2. The van der Waals surface area contributed by atoms with Crippen LogP contribution in [0.15, 0.2) is 23.6 Å². The summed E-state index contributed by atoms with van der Waals surface area (Å²) < 4.78 is 14.1. The molecule has 0 radical (unpaired) electrons. The number of nitrogens with one attached hydrogen (secondary N) is 2. The molecule has 1 aromatic carbocycles. The third kappa shape index (κ3) is 4.64. The molecule has 0 aliphatic heterocycles. The molecule has 3 aromatic rings. The summed E-state index contributed by atoms with van der Waals surface area (Å²) in [7, 11) is 1.94. The smallest absolute Gasteiger partial charge is 0.407 e. The van der Waals surface area contributed by atoms with Gasteiger partial charge < -0.3 is 24.7 Å². The second-order valence-corrected chi connectivity index (χ2v) is 8.45. The van der Waals surface area contributed by atoms with Crippen LogP contribution in [0, 0.1) is 0 Å². The van der Waals surface area contributed by atoms with E-state index in [4.69, 9.17) is 9.47 Å². The topological polar surface area (TPSA) is 81.6 Å². The van der Waals surface area contributed by atoms with E-state index in [-0.39, 0.29) is 25.3 Å². The van der Waals surface area contributed by atoms with Crippen LogP contribution in [0.2, 0.25) is 0 Å². The van der Waals surface area contributed by atoms with Gasteiger partial charge in [-0.3, -0.25) is 0 Å². The van der Waals surface area contributed by atoms with Gasteiger partial charge in [-0.2, -0.15) is 0 Å². The number of benzene rings is 1. The lowest BCUT2D eigenvalue weighted by Gasteiger charge is -2.13. The summed E-state index contributed by atoms with van der Waals surface area (Å²) in [5.41, 5.74) is 2.69. The first-order valence-corrected chi connectivity index (χ1v) is 10.5. The lowest BCUT2D eigenvalue weighted by molar-refractivity contribution is 0.128. The van der Waals surface area contributed by atoms with Gasteiger partial charge in [-0.1, -0.05) is 12.1 Å². The van der Waals surface area contributed by atoms with Crippen molar-refractivity contribution in [2.45, 2.75) is 53.0 Å². The minimum atomic E-state index is -0.476. The van der Waals surface area contributed by atoms with E-state index >= 15 is 0 Å². The minimum absolute atomic E-state index is 0.0108. The number of alkyl carbamates (subject to hydrolysis) is 2. The van der Waals surface area contributed by atoms with Gasteiger partial charge >= 0.3 is 12.2 Å². The third-order valence-corrected chi connectivity index (χ3v) is 5.45. The number of fused-ring (bicyclic) bond motifs is 3. The number of aryl methyl sites for hydroxylation is 1. The second-order valence-electron chi connectivity index (χ2n) is 7.54. The number of hydrogen-bond donors (Lipinski definition) is 2. The molecular weight excluding hydrogens is 390 g/mol. The van der Waals surface area contributed by atoms with Crippen LogP contribution in [-0.4, -0.2) is 28.8 Å². The van der Waals surface area contributed by atoms with Gasteiger partial charge in [-0.25, -0.2) is 9.59 Å². The molecular formula is C21H27N3O4S. The predicted octanol–water partition coefficient (Wildman–Crippen LogP) is 4.66. The highest BCUT2D eigenvalue weighted by molar-refractivity contribution is 7.18. The van der Waals surface area contributed by atoms with Gasteiger partial charge in [-0.05, 0) is 44.5 Å². The van der Waals surface area contributed by atoms with Crippen LogP contribution < -0.4 is 10.6 Å². The van der Waals surface area contributed by atoms with Crippen molar-refractivity contribution in [1.82, 2.24) is 15.2 Å². The molecule has 0 bridgehead atoms. The maximum absolute atomic E-state index is 12.0. The first-order chi connectivity index (χ1) is 13.8. The van der Waals surface area contributed by atoms with Crippen LogP contribution in [0.25, 0.3) is 21.0 Å². The Morgan fingerprint density at radius 1 is 1.00 bits per heavy atom. The van der Waals surface area contributed by atoms with E-state index < -0.39 is 12.2 Å². The van der Waals surface area contributed by atoms with E-state index in [1.54, 1.807) is 11.3 Å². The Labute approximate surface area is 174 Å². The van der Waals surface area contributed by atoms with Crippen LogP contribution in [-0.2, 0) is 29.7 Å². The first kappa shape index (κ1) is 21.0. The van der Waals surface area contributed by atoms with Crippen LogP contribution in [0.4, 0.5) is 9.59 Å². The van der Waals surface area contributed by atoms with Crippen molar-refractivity contribution >= 4 is 44.5 Å². The molecule has 2 amide bonds. The van der Waals surface area contributed by atoms with E-state index in [9.17, 15) is 9.59 Å². The number of aromatic nitrogens is 1. The highest BCUT2D eigenvalue weighted by Gasteiger charge is 2.20. The molecule has 0 saturated heterocycles. The van der Waals surface area contributed by atoms with Crippen molar-refractivity contribution in [3.8, 4) is 0 Å². The molecule has 0 saturated carbocycles. The van der Waals surface area contributed by atoms with E-state index in [1.165, 1.54) is 0 Å². The number of rotatable bonds is 6. The monoisotopic (exact) mass is 417 g/mol. The lowest BCUT2D eigenvalue weighted by Crippen LogP contribution is -2.31. The number of carbonyl (C=O) groups excluding carboxylic acids is 2. The molecule has 0 unspecified atom stereocenters. The number of thiophene rings is 1. The van der Waals surface area contributed by atoms with Crippen LogP contribution >= 0.6 is 11.3 Å². The number of amides is 2. The SMILES string of the molecule is CC(C)NC(=O)OCc1c(COC(=O)NC(C)C)n(C)c2c1ccc1ccsc12. The summed E-state index contributed by atoms with van der Waals surface area (Å²) >= 11 is 1.66. The fourth-order valence-electron chi connectivity index (χ4n) is 3.26. The second kappa shape index (κ2) is 8.73. The molecule has 8 heteroatoms. The average Bonchev–Trinajstić information content (AvgIpc) is 3.19. The molecule has 29 heavy (non-hydrogen) atoms. The van der Waals surface area contributed by atoms with Gasteiger partial charge in [0.25, 0.3) is 0 Å². The van der Waals surface area contributed by atoms with E-state index in [2.05, 4.69) is 28.1 Å². The Balaban J connectivity index is 1.96. The van der Waals surface area contributed by atoms with Gasteiger partial charge in [0.05, 0.1) is 15.9 Å². The quantitative estimate of drug-likeness (QED) is 0.611. The molecule has 2 N–H and O–H groups in total. The normalized spacial score (nSPS) is 11.4. The molecule has 0 aliphatic rings. The van der Waals surface area contributed by atoms with E-state index in [1.807, 2.05) is 45.4 Å². The zero-order chi connectivity index (χ0) is 21.1. The lowest BCUT2D eigenvalue weighted by atomic mass is 10.1. The Morgan fingerprint density at radius 2 is 1.62 bits per heavy atom. The Hall–Kier alpha value is -2.74. The van der Waals surface area contributed by atoms with Gasteiger partial charge in [0.15, 0.2) is 0 Å². The van der Waals surface area contributed by atoms with Gasteiger partial charge in [0, 0.05) is 30.1 Å². The van der Waals surface area contributed by atoms with Crippen LogP contribution in [0.3, 0.4) is 0 Å². The van der Waals surface area contributed by atoms with Crippen LogP contribution in [0.5, 0.6) is 0 Å². The van der Waals surface area contributed by atoms with Crippen molar-refractivity contribution in [2.75, 3.05) is 0 Å². The number of carbonyl (C=O) groups is 2. The fraction of sp³-hybridized carbons (Fsp3) is 0.429. The third-order valence-electron chi connectivity index (χ3n) is 4.51. The predicted molar refractivity (Wildman–Crippen MR) is 115 cm³/mol. The van der Waals surface area contributed by atoms with E-state index in [0.717, 1.165) is 32.2 Å². The molecule has 3 rings (SSSR count). The van der Waals surface area contributed by atoms with Gasteiger partial charge in [-0.15, -0.1) is 11.3 Å². The molecule has 0 fully saturated rings. The van der Waals surface area contributed by atoms with Crippen molar-refractivity contribution in [3.63, 3.8) is 0 Å². The highest BCUT2D eigenvalue weighted by Crippen LogP contribution is 2.35. The van der Waals surface area contributed by atoms with Crippen molar-refractivity contribution in [1.29, 1.82) is 0 Å². The summed E-state index contributed by atoms with van der Waals surface area (Å²) in [6, 6.07) is 6.14.